The van der Waals surface area contributed by atoms with Crippen LogP contribution in [0.3, 0.4) is 0 Å². The first-order chi connectivity index (χ1) is 5.71. The molecule has 0 saturated carbocycles. The number of rotatable bonds is 1. The van der Waals surface area contributed by atoms with Crippen LogP contribution in [-0.4, -0.2) is 11.1 Å². The standard InChI is InChI=1S/CH5Cl5N3OP3/c1-10-13(5,6)8-11-7-12(3,4)9(13)2/h8,11H,1H3. The van der Waals surface area contributed by atoms with Gasteiger partial charge in [0.25, 0.3) is 0 Å². The topological polar surface area (TPSA) is 36.9 Å². The van der Waals surface area contributed by atoms with E-state index < -0.39 is 11.7 Å². The molecule has 80 valence electrons. The van der Waals surface area contributed by atoms with Crippen LogP contribution in [-0.2, 0) is 4.52 Å². The van der Waals surface area contributed by atoms with Crippen molar-refractivity contribution in [1.29, 1.82) is 0 Å². The zero-order valence-corrected chi connectivity index (χ0v) is 12.7. The third kappa shape index (κ3) is 2.57. The minimum absolute atomic E-state index is 0.128. The molecular weight excluding hydrogens is 340 g/mol. The van der Waals surface area contributed by atoms with Crippen molar-refractivity contribution >= 4 is 77.4 Å². The van der Waals surface area contributed by atoms with E-state index in [2.05, 4.69) is 9.37 Å². The molecule has 1 heterocycles. The molecule has 0 radical (unpaired) electrons. The Bertz CT molecular complexity index is 276. The molecule has 1 aliphatic heterocycles. The summed E-state index contributed by atoms with van der Waals surface area (Å²) in [5, 5.41) is 0. The van der Waals surface area contributed by atoms with Gasteiger partial charge in [0.1, 0.15) is 0 Å². The fourth-order valence-corrected chi connectivity index (χ4v) is 13.3. The second-order valence-corrected chi connectivity index (χ2v) is 16.3. The number of hydrogen-bond donors (Lipinski definition) is 1. The number of nitrogens with one attached hydrogen (secondary N) is 1. The monoisotopic (exact) mass is 343 g/mol. The van der Waals surface area contributed by atoms with Crippen molar-refractivity contribution in [3.63, 3.8) is 0 Å². The summed E-state index contributed by atoms with van der Waals surface area (Å²) in [4.78, 5) is 2.68. The van der Waals surface area contributed by atoms with E-state index in [0.29, 0.717) is 0 Å². The van der Waals surface area contributed by atoms with Crippen molar-refractivity contribution in [2.75, 3.05) is 7.11 Å². The van der Waals surface area contributed by atoms with Gasteiger partial charge in [-0.1, -0.05) is 0 Å². The van der Waals surface area contributed by atoms with Gasteiger partial charge in [0.2, 0.25) is 0 Å². The Morgan fingerprint density at radius 3 is 2.46 bits per heavy atom. The Kier molecular flexibility index (Phi) is 4.17. The van der Waals surface area contributed by atoms with Crippen LogP contribution in [0.25, 0.3) is 0 Å². The van der Waals surface area contributed by atoms with Gasteiger partial charge >= 0.3 is 102 Å². The van der Waals surface area contributed by atoms with E-state index in [1.54, 1.807) is 0 Å². The Morgan fingerprint density at radius 2 is 2.08 bits per heavy atom. The molecule has 0 aromatic heterocycles. The first-order valence-corrected chi connectivity index (χ1v) is 11.4. The van der Waals surface area contributed by atoms with Crippen LogP contribution < -0.4 is 4.86 Å². The molecule has 0 aliphatic carbocycles. The maximum absolute atomic E-state index is 6.01. The van der Waals surface area contributed by atoms with E-state index in [0.717, 1.165) is 3.96 Å². The van der Waals surface area contributed by atoms with Gasteiger partial charge in [0.05, 0.1) is 0 Å². The second-order valence-electron chi connectivity index (χ2n) is 2.00. The third-order valence-corrected chi connectivity index (χ3v) is 17.0. The molecule has 0 fully saturated rings. The second kappa shape index (κ2) is 4.02. The fourth-order valence-electron chi connectivity index (χ4n) is 0.533. The first-order valence-electron chi connectivity index (χ1n) is 2.73. The predicted octanol–water partition coefficient (Wildman–Crippen LogP) is 5.23. The Morgan fingerprint density at radius 1 is 1.54 bits per heavy atom. The maximum atomic E-state index is 6.01. The molecule has 0 saturated heterocycles. The van der Waals surface area contributed by atoms with Crippen molar-refractivity contribution in [2.45, 2.75) is 0 Å². The number of nitrogens with zero attached hydrogens (tertiary/aromatic N) is 2. The molecule has 12 heteroatoms. The van der Waals surface area contributed by atoms with E-state index >= 15 is 0 Å². The molecule has 4 nitrogen and oxygen atoms in total. The molecule has 0 amide bonds. The quantitative estimate of drug-likeness (QED) is 0.522. The van der Waals surface area contributed by atoms with Crippen molar-refractivity contribution in [3.05, 3.63) is 0 Å². The van der Waals surface area contributed by atoms with Gasteiger partial charge in [-0.3, -0.25) is 0 Å². The van der Waals surface area contributed by atoms with Crippen molar-refractivity contribution in [1.82, 2.24) is 8.82 Å². The third-order valence-electron chi connectivity index (χ3n) is 1.18. The molecular formula is CH5Cl5N3OP3. The van der Waals surface area contributed by atoms with E-state index in [1.165, 1.54) is 7.11 Å². The van der Waals surface area contributed by atoms with E-state index in [9.17, 15) is 0 Å². The van der Waals surface area contributed by atoms with Crippen LogP contribution in [0.15, 0.2) is 4.52 Å². The fraction of sp³-hybridized carbons (Fsp3) is 1.00. The van der Waals surface area contributed by atoms with Gasteiger partial charge < -0.3 is 0 Å². The molecule has 1 N–H and O–H groups in total. The molecule has 0 aromatic carbocycles. The van der Waals surface area contributed by atoms with Crippen LogP contribution in [0.4, 0.5) is 0 Å². The molecule has 0 bridgehead atoms. The molecule has 0 spiro atoms. The van der Waals surface area contributed by atoms with E-state index in [1.807, 2.05) is 0 Å². The summed E-state index contributed by atoms with van der Waals surface area (Å²) in [6.45, 7) is 0. The Balaban J connectivity index is 3.16. The van der Waals surface area contributed by atoms with Crippen LogP contribution in [0.1, 0.15) is 0 Å². The van der Waals surface area contributed by atoms with Gasteiger partial charge in [0.15, 0.2) is 0 Å². The summed E-state index contributed by atoms with van der Waals surface area (Å²) in [6.07, 6.45) is 0. The summed E-state index contributed by atoms with van der Waals surface area (Å²) in [7, 11) is 1.20. The first kappa shape index (κ1) is 13.5. The van der Waals surface area contributed by atoms with Crippen LogP contribution in [0.2, 0.25) is 0 Å². The van der Waals surface area contributed by atoms with Gasteiger partial charge in [-0.05, 0) is 0 Å². The minimum atomic E-state index is -3.82. The predicted molar refractivity (Wildman–Crippen MR) is 65.8 cm³/mol. The average molecular weight is 345 g/mol. The SMILES string of the molecule is COP1(Cl)(Cl)NPN=P(Cl)(Cl)N1Cl. The summed E-state index contributed by atoms with van der Waals surface area (Å²) in [6, 6.07) is 0. The summed E-state index contributed by atoms with van der Waals surface area (Å²) < 4.78 is 9.71. The van der Waals surface area contributed by atoms with Crippen molar-refractivity contribution < 1.29 is 4.52 Å². The molecule has 1 unspecified atom stereocenters. The van der Waals surface area contributed by atoms with Crippen LogP contribution in [0.5, 0.6) is 0 Å². The van der Waals surface area contributed by atoms with Crippen molar-refractivity contribution in [3.8, 4) is 0 Å². The summed E-state index contributed by atoms with van der Waals surface area (Å²) in [5.74, 6) is -6.67. The summed E-state index contributed by atoms with van der Waals surface area (Å²) in [5.41, 5.74) is 0. The van der Waals surface area contributed by atoms with Gasteiger partial charge in [-0.2, -0.15) is 0 Å². The Labute approximate surface area is 102 Å². The van der Waals surface area contributed by atoms with Gasteiger partial charge in [0, 0.05) is 0 Å². The molecule has 1 atom stereocenters. The van der Waals surface area contributed by atoms with Crippen LogP contribution >= 0.6 is 77.4 Å². The number of halogens is 5. The Hall–Kier alpha value is 2.42. The molecule has 0 aromatic rings. The van der Waals surface area contributed by atoms with Gasteiger partial charge in [-0.25, -0.2) is 0 Å². The number of hydrogen-bond acceptors (Lipinski definition) is 4. The van der Waals surface area contributed by atoms with E-state index in [-0.39, 0.29) is 8.88 Å². The zero-order chi connectivity index (χ0) is 10.4. The zero-order valence-electron chi connectivity index (χ0n) is 6.09. The van der Waals surface area contributed by atoms with E-state index in [4.69, 9.17) is 61.3 Å². The van der Waals surface area contributed by atoms with Gasteiger partial charge in [-0.15, -0.1) is 0 Å². The van der Waals surface area contributed by atoms with Crippen LogP contribution in [0, 0.1) is 0 Å². The summed E-state index contributed by atoms with van der Waals surface area (Å²) >= 11 is 29.5. The molecule has 1 rings (SSSR count). The molecule has 1 aliphatic rings. The molecule has 13 heavy (non-hydrogen) atoms. The van der Waals surface area contributed by atoms with Crippen molar-refractivity contribution in [2.24, 2.45) is 4.52 Å². The average Bonchev–Trinajstić information content (AvgIpc) is 2.01. The normalized spacial score (nSPS) is 36.0.